The van der Waals surface area contributed by atoms with E-state index in [1.807, 2.05) is 6.07 Å². The smallest absolute Gasteiger partial charge is 0.145 e. The van der Waals surface area contributed by atoms with Gasteiger partial charge >= 0.3 is 0 Å². The molecule has 0 aliphatic carbocycles. The van der Waals surface area contributed by atoms with Crippen molar-refractivity contribution in [3.8, 4) is 0 Å². The number of hydrogen-bond donors (Lipinski definition) is 1. The SMILES string of the molecule is Cc1ccc2nc3n(c2c1)[C@@H](CNCc1ccncc1F)COC3. The first kappa shape index (κ1) is 15.2. The Balaban J connectivity index is 1.55. The summed E-state index contributed by atoms with van der Waals surface area (Å²) in [6.07, 6.45) is 2.85. The van der Waals surface area contributed by atoms with Crippen LogP contribution in [-0.2, 0) is 17.9 Å². The van der Waals surface area contributed by atoms with Crippen LogP contribution in [0.5, 0.6) is 0 Å². The zero-order valence-corrected chi connectivity index (χ0v) is 13.5. The zero-order valence-electron chi connectivity index (χ0n) is 13.5. The molecule has 1 aromatic carbocycles. The van der Waals surface area contributed by atoms with Gasteiger partial charge in [0.1, 0.15) is 18.2 Å². The Bertz CT molecular complexity index is 877. The van der Waals surface area contributed by atoms with E-state index in [0.29, 0.717) is 31.9 Å². The van der Waals surface area contributed by atoms with Gasteiger partial charge in [-0.3, -0.25) is 4.98 Å². The van der Waals surface area contributed by atoms with E-state index in [4.69, 9.17) is 4.74 Å². The predicted octanol–water partition coefficient (Wildman–Crippen LogP) is 2.74. The average molecular weight is 326 g/mol. The number of halogens is 1. The second-order valence-electron chi connectivity index (χ2n) is 6.16. The van der Waals surface area contributed by atoms with Gasteiger partial charge < -0.3 is 14.6 Å². The fourth-order valence-corrected chi connectivity index (χ4v) is 3.19. The van der Waals surface area contributed by atoms with Gasteiger partial charge in [0.25, 0.3) is 0 Å². The molecule has 4 rings (SSSR count). The Morgan fingerprint density at radius 1 is 1.38 bits per heavy atom. The van der Waals surface area contributed by atoms with Crippen LogP contribution in [0.25, 0.3) is 11.0 Å². The van der Waals surface area contributed by atoms with Gasteiger partial charge in [0.15, 0.2) is 0 Å². The van der Waals surface area contributed by atoms with Crippen LogP contribution < -0.4 is 5.32 Å². The maximum Gasteiger partial charge on any atom is 0.145 e. The van der Waals surface area contributed by atoms with E-state index in [1.54, 1.807) is 12.3 Å². The van der Waals surface area contributed by atoms with Crippen LogP contribution in [0.2, 0.25) is 0 Å². The van der Waals surface area contributed by atoms with E-state index < -0.39 is 0 Å². The summed E-state index contributed by atoms with van der Waals surface area (Å²) in [7, 11) is 0. The highest BCUT2D eigenvalue weighted by Gasteiger charge is 2.23. The van der Waals surface area contributed by atoms with Gasteiger partial charge in [-0.2, -0.15) is 0 Å². The molecule has 1 aliphatic heterocycles. The highest BCUT2D eigenvalue weighted by atomic mass is 19.1. The molecule has 2 aromatic heterocycles. The highest BCUT2D eigenvalue weighted by molar-refractivity contribution is 5.77. The van der Waals surface area contributed by atoms with Crippen molar-refractivity contribution < 1.29 is 9.13 Å². The van der Waals surface area contributed by atoms with Gasteiger partial charge in [-0.1, -0.05) is 6.07 Å². The zero-order chi connectivity index (χ0) is 16.5. The molecule has 6 heteroatoms. The second kappa shape index (κ2) is 6.30. The number of pyridine rings is 1. The summed E-state index contributed by atoms with van der Waals surface area (Å²) in [6.45, 7) is 4.39. The lowest BCUT2D eigenvalue weighted by atomic mass is 10.2. The van der Waals surface area contributed by atoms with Gasteiger partial charge in [0.2, 0.25) is 0 Å². The maximum absolute atomic E-state index is 13.7. The summed E-state index contributed by atoms with van der Waals surface area (Å²) in [6, 6.07) is 8.12. The first-order valence-corrected chi connectivity index (χ1v) is 8.06. The standard InChI is InChI=1S/C18H19FN4O/c1-12-2-3-16-17(6-12)23-14(10-24-11-18(23)22-16)8-21-7-13-4-5-20-9-15(13)19/h2-6,9,14,21H,7-8,10-11H2,1H3/t14-/m0/s1. The summed E-state index contributed by atoms with van der Waals surface area (Å²) in [4.78, 5) is 8.44. The molecule has 0 unspecified atom stereocenters. The summed E-state index contributed by atoms with van der Waals surface area (Å²) in [5, 5.41) is 3.33. The molecule has 0 saturated carbocycles. The molecular formula is C18H19FN4O. The van der Waals surface area contributed by atoms with E-state index in [-0.39, 0.29) is 11.9 Å². The lowest BCUT2D eigenvalue weighted by Gasteiger charge is -2.26. The van der Waals surface area contributed by atoms with Crippen LogP contribution in [-0.4, -0.2) is 27.7 Å². The van der Waals surface area contributed by atoms with Crippen molar-refractivity contribution in [2.24, 2.45) is 0 Å². The molecule has 1 aliphatic rings. The summed E-state index contributed by atoms with van der Waals surface area (Å²) in [5.41, 5.74) is 3.96. The lowest BCUT2D eigenvalue weighted by Crippen LogP contribution is -2.32. The van der Waals surface area contributed by atoms with Crippen LogP contribution in [0.3, 0.4) is 0 Å². The molecule has 24 heavy (non-hydrogen) atoms. The number of aromatic nitrogens is 3. The maximum atomic E-state index is 13.7. The number of ether oxygens (including phenoxy) is 1. The van der Waals surface area contributed by atoms with Gasteiger partial charge in [0.05, 0.1) is 29.9 Å². The minimum Gasteiger partial charge on any atom is -0.371 e. The molecule has 3 heterocycles. The van der Waals surface area contributed by atoms with Crippen LogP contribution in [0.15, 0.2) is 36.7 Å². The topological polar surface area (TPSA) is 52.0 Å². The quantitative estimate of drug-likeness (QED) is 0.801. The molecule has 3 aromatic rings. The van der Waals surface area contributed by atoms with Crippen molar-refractivity contribution in [1.29, 1.82) is 0 Å². The lowest BCUT2D eigenvalue weighted by molar-refractivity contribution is 0.0564. The van der Waals surface area contributed by atoms with Crippen molar-refractivity contribution in [3.05, 3.63) is 59.4 Å². The summed E-state index contributed by atoms with van der Waals surface area (Å²) < 4.78 is 21.6. The number of nitrogens with zero attached hydrogens (tertiary/aromatic N) is 3. The molecule has 0 amide bonds. The Morgan fingerprint density at radius 3 is 3.17 bits per heavy atom. The van der Waals surface area contributed by atoms with E-state index in [2.05, 4.69) is 38.9 Å². The first-order chi connectivity index (χ1) is 11.7. The normalized spacial score (nSPS) is 17.2. The van der Waals surface area contributed by atoms with Crippen LogP contribution in [0, 0.1) is 12.7 Å². The minimum atomic E-state index is -0.283. The Labute approximate surface area is 139 Å². The number of imidazole rings is 1. The molecule has 124 valence electrons. The third kappa shape index (κ3) is 2.79. The molecule has 0 fully saturated rings. The fraction of sp³-hybridized carbons (Fsp3) is 0.333. The largest absolute Gasteiger partial charge is 0.371 e. The highest BCUT2D eigenvalue weighted by Crippen LogP contribution is 2.26. The van der Waals surface area contributed by atoms with Gasteiger partial charge in [-0.05, 0) is 30.7 Å². The third-order valence-electron chi connectivity index (χ3n) is 4.38. The van der Waals surface area contributed by atoms with Crippen molar-refractivity contribution in [1.82, 2.24) is 19.9 Å². The van der Waals surface area contributed by atoms with Crippen LogP contribution in [0.4, 0.5) is 4.39 Å². The first-order valence-electron chi connectivity index (χ1n) is 8.06. The van der Waals surface area contributed by atoms with Crippen molar-refractivity contribution in [3.63, 3.8) is 0 Å². The van der Waals surface area contributed by atoms with Gasteiger partial charge in [0, 0.05) is 24.8 Å². The molecule has 1 N–H and O–H groups in total. The average Bonchev–Trinajstić information content (AvgIpc) is 2.95. The van der Waals surface area contributed by atoms with Crippen molar-refractivity contribution in [2.75, 3.05) is 13.2 Å². The number of fused-ring (bicyclic) bond motifs is 3. The number of hydrogen-bond acceptors (Lipinski definition) is 4. The summed E-state index contributed by atoms with van der Waals surface area (Å²) >= 11 is 0. The Hall–Kier alpha value is -2.31. The van der Waals surface area contributed by atoms with Crippen LogP contribution >= 0.6 is 0 Å². The van der Waals surface area contributed by atoms with Crippen molar-refractivity contribution in [2.45, 2.75) is 26.1 Å². The van der Waals surface area contributed by atoms with Crippen molar-refractivity contribution >= 4 is 11.0 Å². The predicted molar refractivity (Wildman–Crippen MR) is 89.1 cm³/mol. The number of rotatable bonds is 4. The Kier molecular flexibility index (Phi) is 4.00. The van der Waals surface area contributed by atoms with E-state index in [1.165, 1.54) is 11.8 Å². The molecular weight excluding hydrogens is 307 g/mol. The van der Waals surface area contributed by atoms with Crippen LogP contribution in [0.1, 0.15) is 23.0 Å². The Morgan fingerprint density at radius 2 is 2.29 bits per heavy atom. The third-order valence-corrected chi connectivity index (χ3v) is 4.38. The second-order valence-corrected chi connectivity index (χ2v) is 6.16. The summed E-state index contributed by atoms with van der Waals surface area (Å²) in [5.74, 6) is 0.665. The molecule has 5 nitrogen and oxygen atoms in total. The fourth-order valence-electron chi connectivity index (χ4n) is 3.19. The number of aryl methyl sites for hydroxylation is 1. The number of nitrogens with one attached hydrogen (secondary N) is 1. The monoisotopic (exact) mass is 326 g/mol. The molecule has 0 saturated heterocycles. The minimum absolute atomic E-state index is 0.144. The molecule has 0 bridgehead atoms. The van der Waals surface area contributed by atoms with Gasteiger partial charge in [-0.25, -0.2) is 9.37 Å². The van der Waals surface area contributed by atoms with Gasteiger partial charge in [-0.15, -0.1) is 0 Å². The van der Waals surface area contributed by atoms with E-state index in [9.17, 15) is 4.39 Å². The molecule has 0 spiro atoms. The van der Waals surface area contributed by atoms with E-state index >= 15 is 0 Å². The number of benzene rings is 1. The van der Waals surface area contributed by atoms with E-state index in [0.717, 1.165) is 16.9 Å². The molecule has 1 atom stereocenters. The molecule has 0 radical (unpaired) electrons.